The van der Waals surface area contributed by atoms with Gasteiger partial charge in [-0.05, 0) is 61.7 Å². The molecule has 1 unspecified atom stereocenters. The van der Waals surface area contributed by atoms with Crippen LogP contribution >= 0.6 is 0 Å². The molecule has 13 nitrogen and oxygen atoms in total. The normalized spacial score (nSPS) is 23.4. The van der Waals surface area contributed by atoms with Gasteiger partial charge in [-0.2, -0.15) is 4.31 Å². The second-order valence-electron chi connectivity index (χ2n) is 15.7. The van der Waals surface area contributed by atoms with Gasteiger partial charge in [-0.15, -0.1) is 6.58 Å². The van der Waals surface area contributed by atoms with E-state index in [-0.39, 0.29) is 48.9 Å². The Morgan fingerprint density at radius 3 is 2.18 bits per heavy atom. The number of likely N-dealkylation sites (tertiary alicyclic amines) is 1. The van der Waals surface area contributed by atoms with E-state index in [0.29, 0.717) is 32.4 Å². The molecule has 5 atom stereocenters. The molecule has 0 bridgehead atoms. The van der Waals surface area contributed by atoms with Crippen molar-refractivity contribution in [3.8, 4) is 0 Å². The summed E-state index contributed by atoms with van der Waals surface area (Å²) in [6.07, 6.45) is 8.61. The minimum Gasteiger partial charge on any atom is -0.346 e. The molecule has 0 aromatic carbocycles. The van der Waals surface area contributed by atoms with Gasteiger partial charge in [0, 0.05) is 32.2 Å². The number of hydrogen-bond donors (Lipinski definition) is 4. The summed E-state index contributed by atoms with van der Waals surface area (Å²) < 4.78 is 27.1. The van der Waals surface area contributed by atoms with Crippen LogP contribution in [0.25, 0.3) is 0 Å². The lowest BCUT2D eigenvalue weighted by molar-refractivity contribution is -0.144. The van der Waals surface area contributed by atoms with Crippen LogP contribution in [0.4, 0.5) is 4.79 Å². The summed E-state index contributed by atoms with van der Waals surface area (Å²) in [5.74, 6) is -2.57. The van der Waals surface area contributed by atoms with Crippen molar-refractivity contribution in [1.82, 2.24) is 30.5 Å². The molecule has 2 saturated heterocycles. The molecule has 1 aliphatic carbocycles. The van der Waals surface area contributed by atoms with E-state index in [1.165, 1.54) is 10.4 Å². The first-order chi connectivity index (χ1) is 23.5. The van der Waals surface area contributed by atoms with Crippen LogP contribution in [0.3, 0.4) is 0 Å². The maximum atomic E-state index is 14.6. The molecule has 3 rings (SSSR count). The van der Waals surface area contributed by atoms with Crippen LogP contribution in [-0.2, 0) is 29.2 Å². The number of ketones is 1. The van der Waals surface area contributed by atoms with E-state index in [1.807, 2.05) is 41.5 Å². The zero-order valence-electron chi connectivity index (χ0n) is 31.1. The summed E-state index contributed by atoms with van der Waals surface area (Å²) in [5.41, 5.74) is -0.480. The highest BCUT2D eigenvalue weighted by Crippen LogP contribution is 2.34. The van der Waals surface area contributed by atoms with Crippen LogP contribution in [0.5, 0.6) is 0 Å². The highest BCUT2D eigenvalue weighted by molar-refractivity contribution is 7.89. The third kappa shape index (κ3) is 11.0. The van der Waals surface area contributed by atoms with Gasteiger partial charge in [-0.1, -0.05) is 73.3 Å². The lowest BCUT2D eigenvalue weighted by Gasteiger charge is -2.38. The molecule has 5 amide bonds. The average Bonchev–Trinajstić information content (AvgIpc) is 3.52. The van der Waals surface area contributed by atoms with Crippen molar-refractivity contribution in [2.75, 3.05) is 31.9 Å². The Morgan fingerprint density at radius 1 is 0.920 bits per heavy atom. The Morgan fingerprint density at radius 2 is 1.60 bits per heavy atom. The second kappa shape index (κ2) is 18.5. The van der Waals surface area contributed by atoms with E-state index >= 15 is 0 Å². The third-order valence-electron chi connectivity index (χ3n) is 10.6. The molecule has 0 radical (unpaired) electrons. The number of carbonyl (C=O) groups excluding carboxylic acids is 5. The number of amides is 5. The summed E-state index contributed by atoms with van der Waals surface area (Å²) in [7, 11) is -3.42. The zero-order chi connectivity index (χ0) is 37.2. The Kier molecular flexibility index (Phi) is 15.3. The van der Waals surface area contributed by atoms with Gasteiger partial charge in [-0.25, -0.2) is 13.2 Å². The average molecular weight is 723 g/mol. The number of urea groups is 1. The van der Waals surface area contributed by atoms with E-state index in [1.54, 1.807) is 4.90 Å². The number of hydrogen-bond acceptors (Lipinski definition) is 7. The topological polar surface area (TPSA) is 174 Å². The van der Waals surface area contributed by atoms with Gasteiger partial charge in [0.25, 0.3) is 5.91 Å². The van der Waals surface area contributed by atoms with Gasteiger partial charge in [-0.3, -0.25) is 19.2 Å². The van der Waals surface area contributed by atoms with Crippen molar-refractivity contribution in [2.24, 2.45) is 23.2 Å². The van der Waals surface area contributed by atoms with Crippen LogP contribution in [0, 0.1) is 23.2 Å². The van der Waals surface area contributed by atoms with Crippen LogP contribution in [-0.4, -0.2) is 103 Å². The van der Waals surface area contributed by atoms with Crippen LogP contribution in [0.1, 0.15) is 106 Å². The number of nitrogens with zero attached hydrogens (tertiary/aromatic N) is 2. The Labute approximate surface area is 299 Å². The van der Waals surface area contributed by atoms with Gasteiger partial charge in [0.2, 0.25) is 27.6 Å². The van der Waals surface area contributed by atoms with E-state index in [0.717, 1.165) is 38.5 Å². The summed E-state index contributed by atoms with van der Waals surface area (Å²) in [6.45, 7) is 16.2. The molecule has 1 saturated carbocycles. The fourth-order valence-electron chi connectivity index (χ4n) is 7.48. The minimum atomic E-state index is -3.42. The first-order valence-corrected chi connectivity index (χ1v) is 20.2. The van der Waals surface area contributed by atoms with Crippen molar-refractivity contribution in [2.45, 2.75) is 130 Å². The summed E-state index contributed by atoms with van der Waals surface area (Å²) >= 11 is 0. The Hall–Kier alpha value is -3.00. The lowest BCUT2D eigenvalue weighted by atomic mass is 9.82. The minimum absolute atomic E-state index is 0.0442. The quantitative estimate of drug-likeness (QED) is 0.149. The Balaban J connectivity index is 1.86. The second-order valence-corrected chi connectivity index (χ2v) is 17.8. The number of sulfonamides is 1. The molecular weight excluding hydrogens is 660 g/mol. The molecule has 2 heterocycles. The van der Waals surface area contributed by atoms with Crippen molar-refractivity contribution >= 4 is 39.6 Å². The van der Waals surface area contributed by atoms with Crippen molar-refractivity contribution in [3.63, 3.8) is 0 Å². The van der Waals surface area contributed by atoms with Gasteiger partial charge in [0.05, 0.1) is 11.8 Å². The van der Waals surface area contributed by atoms with E-state index in [2.05, 4.69) is 27.8 Å². The fraction of sp³-hybridized carbons (Fsp3) is 0.806. The number of rotatable bonds is 15. The molecule has 3 aliphatic rings. The standard InChI is InChI=1S/C36H62N6O7S/c1-8-15-27(31(43)33(45)37-19-9-2)38-32(44)30-26(24(3)4)18-21-42(30)34(46)29(25-16-11-10-12-17-25)40-35(47)39-28(36(5,6)7)23-41-20-13-14-22-50(41,48)49/h9,24-30H,2,8,10-23H2,1,3-7H3,(H,37,45)(H,38,44)(H2,39,40,47)/t26-,27?,28-,29+,30+/m1/s1. The molecule has 0 aromatic heterocycles. The first-order valence-electron chi connectivity index (χ1n) is 18.6. The van der Waals surface area contributed by atoms with Crippen molar-refractivity contribution in [3.05, 3.63) is 12.7 Å². The van der Waals surface area contributed by atoms with E-state index in [9.17, 15) is 32.4 Å². The SMILES string of the molecule is C=CCNC(=O)C(=O)C(CCC)NC(=O)[C@@H]1[C@@H](C(C)C)CCN1C(=O)[C@@H](NC(=O)N[C@H](CN1CCCCS1(=O)=O)C(C)(C)C)C1CCCCC1. The van der Waals surface area contributed by atoms with E-state index < -0.39 is 63.2 Å². The van der Waals surface area contributed by atoms with Gasteiger partial charge in [0.1, 0.15) is 12.1 Å². The largest absolute Gasteiger partial charge is 0.346 e. The number of carbonyl (C=O) groups is 5. The molecule has 0 aromatic rings. The Bertz CT molecular complexity index is 1320. The monoisotopic (exact) mass is 722 g/mol. The smallest absolute Gasteiger partial charge is 0.315 e. The highest BCUT2D eigenvalue weighted by atomic mass is 32.2. The first kappa shape index (κ1) is 41.4. The maximum absolute atomic E-state index is 14.6. The summed E-state index contributed by atoms with van der Waals surface area (Å²) in [4.78, 5) is 69.5. The highest BCUT2D eigenvalue weighted by Gasteiger charge is 2.47. The summed E-state index contributed by atoms with van der Waals surface area (Å²) in [6, 6.07) is -3.89. The number of Topliss-reactive ketones (excluding diaryl/α,β-unsaturated/α-hetero) is 1. The predicted molar refractivity (Wildman–Crippen MR) is 193 cm³/mol. The molecule has 2 aliphatic heterocycles. The van der Waals surface area contributed by atoms with Crippen LogP contribution in [0.15, 0.2) is 12.7 Å². The number of nitrogens with one attached hydrogen (secondary N) is 4. The zero-order valence-corrected chi connectivity index (χ0v) is 31.9. The molecule has 3 fully saturated rings. The molecule has 0 spiro atoms. The van der Waals surface area contributed by atoms with Gasteiger partial charge >= 0.3 is 6.03 Å². The third-order valence-corrected chi connectivity index (χ3v) is 12.5. The van der Waals surface area contributed by atoms with Gasteiger partial charge < -0.3 is 26.2 Å². The van der Waals surface area contributed by atoms with Gasteiger partial charge in [0.15, 0.2) is 0 Å². The van der Waals surface area contributed by atoms with Crippen molar-refractivity contribution < 1.29 is 32.4 Å². The molecule has 4 N–H and O–H groups in total. The maximum Gasteiger partial charge on any atom is 0.315 e. The van der Waals surface area contributed by atoms with Crippen LogP contribution in [0.2, 0.25) is 0 Å². The van der Waals surface area contributed by atoms with Crippen molar-refractivity contribution in [1.29, 1.82) is 0 Å². The molecule has 284 valence electrons. The molecular formula is C36H62N6O7S. The summed E-state index contributed by atoms with van der Waals surface area (Å²) in [5, 5.41) is 11.3. The molecule has 14 heteroatoms. The predicted octanol–water partition coefficient (Wildman–Crippen LogP) is 3.10. The lowest BCUT2D eigenvalue weighted by Crippen LogP contribution is -2.61. The van der Waals surface area contributed by atoms with Crippen LogP contribution < -0.4 is 21.3 Å². The fourth-order valence-corrected chi connectivity index (χ4v) is 9.09. The molecule has 50 heavy (non-hydrogen) atoms. The van der Waals surface area contributed by atoms with E-state index in [4.69, 9.17) is 0 Å².